The van der Waals surface area contributed by atoms with E-state index in [0.717, 1.165) is 42.5 Å². The molecular formula is C20H20N4O2. The quantitative estimate of drug-likeness (QED) is 0.761. The van der Waals surface area contributed by atoms with Gasteiger partial charge in [-0.2, -0.15) is 0 Å². The van der Waals surface area contributed by atoms with Crippen molar-refractivity contribution in [3.8, 4) is 0 Å². The minimum Gasteiger partial charge on any atom is -0.326 e. The number of rotatable bonds is 4. The summed E-state index contributed by atoms with van der Waals surface area (Å²) in [5.41, 5.74) is 3.19. The maximum Gasteiger partial charge on any atom is 0.258 e. The van der Waals surface area contributed by atoms with Gasteiger partial charge in [-0.1, -0.05) is 30.3 Å². The molecule has 2 heterocycles. The SMILES string of the molecule is O=C(Nc1nccn1Cc1ccccc1)c1cc(=O)[nH]c2c1CCCC2. The van der Waals surface area contributed by atoms with Crippen LogP contribution in [0.5, 0.6) is 0 Å². The van der Waals surface area contributed by atoms with Crippen molar-refractivity contribution in [2.45, 2.75) is 32.2 Å². The minimum atomic E-state index is -0.283. The second-order valence-corrected chi connectivity index (χ2v) is 6.53. The van der Waals surface area contributed by atoms with E-state index in [0.29, 0.717) is 18.1 Å². The van der Waals surface area contributed by atoms with Gasteiger partial charge in [0.05, 0.1) is 12.1 Å². The molecular weight excluding hydrogens is 328 g/mol. The lowest BCUT2D eigenvalue weighted by atomic mass is 9.92. The van der Waals surface area contributed by atoms with Crippen molar-refractivity contribution in [1.29, 1.82) is 0 Å². The molecule has 0 unspecified atom stereocenters. The summed E-state index contributed by atoms with van der Waals surface area (Å²) < 4.78 is 1.88. The third kappa shape index (κ3) is 3.31. The number of benzene rings is 1. The highest BCUT2D eigenvalue weighted by Crippen LogP contribution is 2.22. The molecule has 6 nitrogen and oxygen atoms in total. The maximum atomic E-state index is 12.8. The second kappa shape index (κ2) is 7.00. The standard InChI is InChI=1S/C20H20N4O2/c25-18-12-16(15-8-4-5-9-17(15)22-18)19(26)23-20-21-10-11-24(20)13-14-6-2-1-3-7-14/h1-3,6-7,10-12H,4-5,8-9,13H2,(H,22,25)(H,21,23,26). The average Bonchev–Trinajstić information content (AvgIpc) is 3.08. The van der Waals surface area contributed by atoms with Crippen LogP contribution < -0.4 is 10.9 Å². The van der Waals surface area contributed by atoms with E-state index in [1.54, 1.807) is 6.20 Å². The van der Waals surface area contributed by atoms with Crippen LogP contribution in [0.4, 0.5) is 5.95 Å². The molecule has 1 amide bonds. The number of hydrogen-bond donors (Lipinski definition) is 2. The molecule has 132 valence electrons. The van der Waals surface area contributed by atoms with Gasteiger partial charge in [-0.05, 0) is 36.8 Å². The number of imidazole rings is 1. The lowest BCUT2D eigenvalue weighted by Crippen LogP contribution is -2.24. The van der Waals surface area contributed by atoms with E-state index >= 15 is 0 Å². The van der Waals surface area contributed by atoms with Gasteiger partial charge in [0.25, 0.3) is 5.91 Å². The van der Waals surface area contributed by atoms with E-state index in [-0.39, 0.29) is 11.5 Å². The molecule has 0 spiro atoms. The third-order valence-corrected chi connectivity index (χ3v) is 4.72. The van der Waals surface area contributed by atoms with E-state index in [1.807, 2.05) is 41.1 Å². The van der Waals surface area contributed by atoms with Gasteiger partial charge in [-0.15, -0.1) is 0 Å². The highest BCUT2D eigenvalue weighted by molar-refractivity contribution is 6.04. The number of hydrogen-bond acceptors (Lipinski definition) is 3. The van der Waals surface area contributed by atoms with Gasteiger partial charge in [-0.25, -0.2) is 4.98 Å². The number of amides is 1. The highest BCUT2D eigenvalue weighted by Gasteiger charge is 2.20. The van der Waals surface area contributed by atoms with Gasteiger partial charge in [0.15, 0.2) is 0 Å². The monoisotopic (exact) mass is 348 g/mol. The Hall–Kier alpha value is -3.15. The molecule has 4 rings (SSSR count). The van der Waals surface area contributed by atoms with Crippen LogP contribution in [0.1, 0.15) is 40.0 Å². The summed E-state index contributed by atoms with van der Waals surface area (Å²) in [5, 5.41) is 2.86. The summed E-state index contributed by atoms with van der Waals surface area (Å²) >= 11 is 0. The van der Waals surface area contributed by atoms with Gasteiger partial charge in [-0.3, -0.25) is 14.9 Å². The van der Waals surface area contributed by atoms with Crippen LogP contribution in [0.25, 0.3) is 0 Å². The van der Waals surface area contributed by atoms with Crippen molar-refractivity contribution in [3.63, 3.8) is 0 Å². The molecule has 0 aliphatic heterocycles. The first-order chi connectivity index (χ1) is 12.7. The van der Waals surface area contributed by atoms with Gasteiger partial charge in [0.1, 0.15) is 0 Å². The summed E-state index contributed by atoms with van der Waals surface area (Å²) in [5.74, 6) is 0.193. The predicted octanol–water partition coefficient (Wildman–Crippen LogP) is 2.75. The largest absolute Gasteiger partial charge is 0.326 e. The van der Waals surface area contributed by atoms with Crippen LogP contribution in [0, 0.1) is 0 Å². The first-order valence-electron chi connectivity index (χ1n) is 8.82. The molecule has 0 saturated heterocycles. The molecule has 0 atom stereocenters. The third-order valence-electron chi connectivity index (χ3n) is 4.72. The first-order valence-corrected chi connectivity index (χ1v) is 8.82. The van der Waals surface area contributed by atoms with Crippen molar-refractivity contribution in [1.82, 2.24) is 14.5 Å². The van der Waals surface area contributed by atoms with Crippen LogP contribution in [0.3, 0.4) is 0 Å². The predicted molar refractivity (Wildman–Crippen MR) is 99.4 cm³/mol. The number of aryl methyl sites for hydroxylation is 1. The molecule has 6 heteroatoms. The number of carbonyl (C=O) groups excluding carboxylic acids is 1. The Balaban J connectivity index is 1.59. The number of aromatic amines is 1. The Morgan fingerprint density at radius 2 is 2.00 bits per heavy atom. The van der Waals surface area contributed by atoms with Crippen LogP contribution in [0.2, 0.25) is 0 Å². The van der Waals surface area contributed by atoms with Crippen molar-refractivity contribution < 1.29 is 4.79 Å². The van der Waals surface area contributed by atoms with Crippen molar-refractivity contribution >= 4 is 11.9 Å². The molecule has 0 bridgehead atoms. The van der Waals surface area contributed by atoms with E-state index in [1.165, 1.54) is 6.07 Å². The number of pyridine rings is 1. The summed E-state index contributed by atoms with van der Waals surface area (Å²) in [6.07, 6.45) is 7.18. The smallest absolute Gasteiger partial charge is 0.258 e. The van der Waals surface area contributed by atoms with E-state index < -0.39 is 0 Å². The Bertz CT molecular complexity index is 989. The zero-order valence-electron chi connectivity index (χ0n) is 14.4. The summed E-state index contributed by atoms with van der Waals surface area (Å²) in [6, 6.07) is 11.4. The van der Waals surface area contributed by atoms with Crippen LogP contribution in [-0.2, 0) is 19.4 Å². The Kier molecular flexibility index (Phi) is 4.39. The zero-order valence-corrected chi connectivity index (χ0v) is 14.4. The molecule has 1 aliphatic carbocycles. The molecule has 1 aliphatic rings. The number of H-pyrrole nitrogens is 1. The van der Waals surface area contributed by atoms with E-state index in [4.69, 9.17) is 0 Å². The topological polar surface area (TPSA) is 79.8 Å². The van der Waals surface area contributed by atoms with Crippen LogP contribution in [-0.4, -0.2) is 20.4 Å². The highest BCUT2D eigenvalue weighted by atomic mass is 16.2. The fourth-order valence-electron chi connectivity index (χ4n) is 3.46. The average molecular weight is 348 g/mol. The van der Waals surface area contributed by atoms with Gasteiger partial charge >= 0.3 is 0 Å². The van der Waals surface area contributed by atoms with E-state index in [9.17, 15) is 9.59 Å². The van der Waals surface area contributed by atoms with E-state index in [2.05, 4.69) is 15.3 Å². The molecule has 0 fully saturated rings. The minimum absolute atomic E-state index is 0.233. The normalized spacial score (nSPS) is 13.2. The van der Waals surface area contributed by atoms with Crippen molar-refractivity contribution in [2.75, 3.05) is 5.32 Å². The number of fused-ring (bicyclic) bond motifs is 1. The number of carbonyl (C=O) groups is 1. The fraction of sp³-hybridized carbons (Fsp3) is 0.250. The molecule has 0 radical (unpaired) electrons. The lowest BCUT2D eigenvalue weighted by molar-refractivity contribution is 0.102. The molecule has 0 saturated carbocycles. The van der Waals surface area contributed by atoms with Gasteiger partial charge in [0, 0.05) is 24.2 Å². The number of aromatic nitrogens is 3. The first kappa shape index (κ1) is 16.3. The summed E-state index contributed by atoms with van der Waals surface area (Å²) in [6.45, 7) is 0.615. The summed E-state index contributed by atoms with van der Waals surface area (Å²) in [4.78, 5) is 31.9. The van der Waals surface area contributed by atoms with Crippen LogP contribution in [0.15, 0.2) is 53.6 Å². The number of nitrogens with one attached hydrogen (secondary N) is 2. The maximum absolute atomic E-state index is 12.8. The fourth-order valence-corrected chi connectivity index (χ4v) is 3.46. The summed E-state index contributed by atoms with van der Waals surface area (Å²) in [7, 11) is 0. The molecule has 2 N–H and O–H groups in total. The Morgan fingerprint density at radius 3 is 2.85 bits per heavy atom. The molecule has 26 heavy (non-hydrogen) atoms. The number of nitrogens with zero attached hydrogens (tertiary/aromatic N) is 2. The Labute approximate surface area is 150 Å². The lowest BCUT2D eigenvalue weighted by Gasteiger charge is -2.18. The zero-order chi connectivity index (χ0) is 17.9. The number of anilines is 1. The molecule has 1 aromatic carbocycles. The van der Waals surface area contributed by atoms with Crippen LogP contribution >= 0.6 is 0 Å². The van der Waals surface area contributed by atoms with Gasteiger partial charge < -0.3 is 9.55 Å². The Morgan fingerprint density at radius 1 is 1.19 bits per heavy atom. The molecule has 3 aromatic rings. The second-order valence-electron chi connectivity index (χ2n) is 6.53. The molecule has 2 aromatic heterocycles. The van der Waals surface area contributed by atoms with Crippen molar-refractivity contribution in [2.24, 2.45) is 0 Å². The van der Waals surface area contributed by atoms with Crippen molar-refractivity contribution in [3.05, 3.63) is 81.5 Å². The van der Waals surface area contributed by atoms with Gasteiger partial charge in [0.2, 0.25) is 11.5 Å².